The van der Waals surface area contributed by atoms with Gasteiger partial charge in [0.2, 0.25) is 0 Å². The third kappa shape index (κ3) is 3.85. The van der Waals surface area contributed by atoms with Crippen molar-refractivity contribution in [1.29, 1.82) is 0 Å². The highest BCUT2D eigenvalue weighted by Gasteiger charge is 2.19. The molecule has 2 heterocycles. The molecule has 0 atom stereocenters. The molecule has 0 bridgehead atoms. The molecular formula is C21H20N2O3S. The molecule has 0 saturated carbocycles. The molecule has 1 aliphatic rings. The molecule has 0 aliphatic heterocycles. The van der Waals surface area contributed by atoms with Crippen LogP contribution in [-0.2, 0) is 29.0 Å². The zero-order valence-electron chi connectivity index (χ0n) is 15.1. The van der Waals surface area contributed by atoms with Crippen LogP contribution in [0.25, 0.3) is 16.3 Å². The molecule has 0 saturated heterocycles. The van der Waals surface area contributed by atoms with Gasteiger partial charge in [0, 0.05) is 11.0 Å². The predicted molar refractivity (Wildman–Crippen MR) is 107 cm³/mol. The van der Waals surface area contributed by atoms with Crippen molar-refractivity contribution < 1.29 is 9.53 Å². The Morgan fingerprint density at radius 3 is 2.85 bits per heavy atom. The lowest BCUT2D eigenvalue weighted by Gasteiger charge is -2.09. The number of nitrogens with one attached hydrogen (secondary N) is 1. The summed E-state index contributed by atoms with van der Waals surface area (Å²) in [5, 5.41) is 0.712. The number of fused-ring (bicyclic) bond motifs is 3. The van der Waals surface area contributed by atoms with E-state index in [9.17, 15) is 9.59 Å². The summed E-state index contributed by atoms with van der Waals surface area (Å²) in [5.74, 6) is -0.0908. The average molecular weight is 380 g/mol. The van der Waals surface area contributed by atoms with Gasteiger partial charge in [-0.15, -0.1) is 11.3 Å². The molecule has 138 valence electrons. The number of thiophene rings is 1. The van der Waals surface area contributed by atoms with Crippen LogP contribution in [0, 0.1) is 6.92 Å². The Kier molecular flexibility index (Phi) is 4.90. The second-order valence-electron chi connectivity index (χ2n) is 6.76. The number of H-pyrrole nitrogens is 1. The Morgan fingerprint density at radius 2 is 2.04 bits per heavy atom. The fourth-order valence-electron chi connectivity index (χ4n) is 3.31. The molecule has 0 spiro atoms. The van der Waals surface area contributed by atoms with Crippen LogP contribution in [0.5, 0.6) is 0 Å². The van der Waals surface area contributed by atoms with Crippen molar-refractivity contribution in [1.82, 2.24) is 9.97 Å². The zero-order valence-corrected chi connectivity index (χ0v) is 15.9. The van der Waals surface area contributed by atoms with Crippen molar-refractivity contribution in [3.05, 3.63) is 68.1 Å². The molecule has 1 aliphatic carbocycles. The van der Waals surface area contributed by atoms with E-state index >= 15 is 0 Å². The summed E-state index contributed by atoms with van der Waals surface area (Å²) < 4.78 is 5.23. The van der Waals surface area contributed by atoms with E-state index in [0.29, 0.717) is 11.2 Å². The first-order valence-corrected chi connectivity index (χ1v) is 9.87. The van der Waals surface area contributed by atoms with Crippen LogP contribution in [0.4, 0.5) is 0 Å². The maximum Gasteiger partial charge on any atom is 0.331 e. The van der Waals surface area contributed by atoms with E-state index in [1.54, 1.807) is 17.4 Å². The normalized spacial score (nSPS) is 13.8. The van der Waals surface area contributed by atoms with Crippen LogP contribution in [0.2, 0.25) is 0 Å². The van der Waals surface area contributed by atoms with Gasteiger partial charge in [-0.3, -0.25) is 4.79 Å². The van der Waals surface area contributed by atoms with Crippen LogP contribution in [0.3, 0.4) is 0 Å². The van der Waals surface area contributed by atoms with Crippen molar-refractivity contribution in [3.63, 3.8) is 0 Å². The molecule has 1 aromatic carbocycles. The van der Waals surface area contributed by atoms with Gasteiger partial charge in [0.1, 0.15) is 17.3 Å². The van der Waals surface area contributed by atoms with Gasteiger partial charge in [0.15, 0.2) is 0 Å². The number of carbonyl (C=O) groups excluding carboxylic acids is 1. The molecule has 5 nitrogen and oxygen atoms in total. The highest BCUT2D eigenvalue weighted by atomic mass is 32.1. The van der Waals surface area contributed by atoms with E-state index in [1.807, 2.05) is 31.2 Å². The van der Waals surface area contributed by atoms with Gasteiger partial charge < -0.3 is 9.72 Å². The van der Waals surface area contributed by atoms with Crippen molar-refractivity contribution in [3.8, 4) is 0 Å². The number of benzene rings is 1. The minimum atomic E-state index is -0.469. The minimum Gasteiger partial charge on any atom is -0.454 e. The molecule has 0 radical (unpaired) electrons. The summed E-state index contributed by atoms with van der Waals surface area (Å²) in [6.45, 7) is 1.96. The summed E-state index contributed by atoms with van der Waals surface area (Å²) in [7, 11) is 0. The third-order valence-corrected chi connectivity index (χ3v) is 5.90. The van der Waals surface area contributed by atoms with Crippen LogP contribution in [0.15, 0.2) is 35.1 Å². The molecular weight excluding hydrogens is 360 g/mol. The van der Waals surface area contributed by atoms with Gasteiger partial charge in [-0.05, 0) is 49.8 Å². The number of rotatable bonds is 4. The largest absolute Gasteiger partial charge is 0.454 e. The molecule has 4 rings (SSSR count). The number of hydrogen-bond acceptors (Lipinski definition) is 5. The van der Waals surface area contributed by atoms with E-state index in [-0.39, 0.29) is 12.2 Å². The SMILES string of the molecule is Cc1ccc(/C=C/C(=O)OCc2nc3sc4c(c3c(=O)[nH]2)CCCC4)cc1. The lowest BCUT2D eigenvalue weighted by Crippen LogP contribution is -2.14. The van der Waals surface area contributed by atoms with E-state index < -0.39 is 5.97 Å². The van der Waals surface area contributed by atoms with Gasteiger partial charge in [0.05, 0.1) is 5.39 Å². The van der Waals surface area contributed by atoms with Gasteiger partial charge >= 0.3 is 5.97 Å². The molecule has 1 N–H and O–H groups in total. The van der Waals surface area contributed by atoms with Gasteiger partial charge in [-0.1, -0.05) is 29.8 Å². The lowest BCUT2D eigenvalue weighted by atomic mass is 9.97. The molecule has 2 aromatic heterocycles. The number of aryl methyl sites for hydroxylation is 3. The highest BCUT2D eigenvalue weighted by Crippen LogP contribution is 2.33. The number of aromatic nitrogens is 2. The topological polar surface area (TPSA) is 72.0 Å². The Labute approximate surface area is 160 Å². The quantitative estimate of drug-likeness (QED) is 0.550. The Hall–Kier alpha value is -2.73. The Bertz CT molecular complexity index is 1080. The monoisotopic (exact) mass is 380 g/mol. The van der Waals surface area contributed by atoms with Crippen LogP contribution < -0.4 is 5.56 Å². The first kappa shape index (κ1) is 17.7. The smallest absolute Gasteiger partial charge is 0.331 e. The predicted octanol–water partition coefficient (Wildman–Crippen LogP) is 3.93. The number of esters is 1. The summed E-state index contributed by atoms with van der Waals surface area (Å²) in [6.07, 6.45) is 7.32. The molecule has 0 unspecified atom stereocenters. The number of carbonyl (C=O) groups is 1. The van der Waals surface area contributed by atoms with E-state index in [0.717, 1.165) is 47.2 Å². The summed E-state index contributed by atoms with van der Waals surface area (Å²) >= 11 is 1.59. The summed E-state index contributed by atoms with van der Waals surface area (Å²) in [5.41, 5.74) is 3.10. The average Bonchev–Trinajstić information content (AvgIpc) is 3.05. The third-order valence-electron chi connectivity index (χ3n) is 4.71. The van der Waals surface area contributed by atoms with Crippen molar-refractivity contribution in [2.75, 3.05) is 0 Å². The van der Waals surface area contributed by atoms with Gasteiger partial charge in [0.25, 0.3) is 5.56 Å². The first-order valence-electron chi connectivity index (χ1n) is 9.05. The number of ether oxygens (including phenoxy) is 1. The van der Waals surface area contributed by atoms with Crippen molar-refractivity contribution >= 4 is 33.6 Å². The van der Waals surface area contributed by atoms with Crippen LogP contribution >= 0.6 is 11.3 Å². The van der Waals surface area contributed by atoms with Crippen LogP contribution in [-0.4, -0.2) is 15.9 Å². The second-order valence-corrected chi connectivity index (χ2v) is 7.84. The van der Waals surface area contributed by atoms with Crippen molar-refractivity contribution in [2.45, 2.75) is 39.2 Å². The lowest BCUT2D eigenvalue weighted by molar-refractivity contribution is -0.139. The second kappa shape index (κ2) is 7.48. The number of hydrogen-bond donors (Lipinski definition) is 1. The van der Waals surface area contributed by atoms with Crippen LogP contribution in [0.1, 0.15) is 40.2 Å². The van der Waals surface area contributed by atoms with E-state index in [1.165, 1.54) is 11.0 Å². The molecule has 0 fully saturated rings. The first-order chi connectivity index (χ1) is 13.1. The summed E-state index contributed by atoms with van der Waals surface area (Å²) in [4.78, 5) is 33.7. The van der Waals surface area contributed by atoms with Gasteiger partial charge in [-0.2, -0.15) is 0 Å². The minimum absolute atomic E-state index is 0.0508. The standard InChI is InChI=1S/C21H20N2O3S/c1-13-6-8-14(9-7-13)10-11-18(24)26-12-17-22-20(25)19-15-4-2-3-5-16(15)27-21(19)23-17/h6-11H,2-5,12H2,1H3,(H,22,23,25)/b11-10+. The molecule has 3 aromatic rings. The van der Waals surface area contributed by atoms with E-state index in [2.05, 4.69) is 9.97 Å². The Balaban J connectivity index is 1.46. The summed E-state index contributed by atoms with van der Waals surface area (Å²) in [6, 6.07) is 7.83. The van der Waals surface area contributed by atoms with Gasteiger partial charge in [-0.25, -0.2) is 9.78 Å². The highest BCUT2D eigenvalue weighted by molar-refractivity contribution is 7.18. The zero-order chi connectivity index (χ0) is 18.8. The maximum absolute atomic E-state index is 12.5. The fraction of sp³-hybridized carbons (Fsp3) is 0.286. The molecule has 6 heteroatoms. The van der Waals surface area contributed by atoms with E-state index in [4.69, 9.17) is 4.74 Å². The molecule has 0 amide bonds. The Morgan fingerprint density at radius 1 is 1.26 bits per heavy atom. The van der Waals surface area contributed by atoms with Crippen molar-refractivity contribution in [2.24, 2.45) is 0 Å². The number of nitrogens with zero attached hydrogens (tertiary/aromatic N) is 1. The molecule has 27 heavy (non-hydrogen) atoms. The number of aromatic amines is 1. The fourth-order valence-corrected chi connectivity index (χ4v) is 4.59. The maximum atomic E-state index is 12.5.